The molecule has 1 aliphatic heterocycles. The van der Waals surface area contributed by atoms with Gasteiger partial charge in [-0.25, -0.2) is 4.72 Å². The van der Waals surface area contributed by atoms with Crippen LogP contribution in [0.2, 0.25) is 0 Å². The standard InChI is InChI=1S/C22H26F3N5O5S/c1-11-7-10-14(35-11)17(21(2,3)4)27-19-18(28-36(33,34)29-19)26-13-9-8-12(22(23,24)25)15(16(13)31)20(32)30(5)6/h7-10,17,31H,1-6H3,(H,26,28)(H,27,29). The van der Waals surface area contributed by atoms with E-state index in [0.717, 1.165) is 11.0 Å². The highest BCUT2D eigenvalue weighted by atomic mass is 32.2. The van der Waals surface area contributed by atoms with Gasteiger partial charge in [-0.15, -0.1) is 4.40 Å². The van der Waals surface area contributed by atoms with Crippen LogP contribution < -0.4 is 10.0 Å². The van der Waals surface area contributed by atoms with Gasteiger partial charge in [0.15, 0.2) is 17.4 Å². The molecule has 0 aliphatic carbocycles. The Labute approximate surface area is 206 Å². The van der Waals surface area contributed by atoms with Gasteiger partial charge in [0, 0.05) is 14.1 Å². The van der Waals surface area contributed by atoms with E-state index in [9.17, 15) is 31.5 Å². The highest BCUT2D eigenvalue weighted by Crippen LogP contribution is 2.41. The summed E-state index contributed by atoms with van der Waals surface area (Å²) in [7, 11) is -1.78. The first-order valence-corrected chi connectivity index (χ1v) is 12.0. The molecule has 3 N–H and O–H groups in total. The van der Waals surface area contributed by atoms with Crippen molar-refractivity contribution < 1.29 is 35.9 Å². The van der Waals surface area contributed by atoms with Crippen molar-refractivity contribution in [3.05, 3.63) is 46.9 Å². The summed E-state index contributed by atoms with van der Waals surface area (Å²) in [6, 6.07) is 4.22. The Morgan fingerprint density at radius 1 is 1.19 bits per heavy atom. The number of carbonyl (C=O) groups excluding carboxylic acids is 1. The van der Waals surface area contributed by atoms with Crippen molar-refractivity contribution in [2.75, 3.05) is 19.4 Å². The summed E-state index contributed by atoms with van der Waals surface area (Å²) in [4.78, 5) is 17.8. The molecular formula is C22H26F3N5O5S. The fraction of sp³-hybridized carbons (Fsp3) is 0.409. The molecule has 0 bridgehead atoms. The second-order valence-corrected chi connectivity index (χ2v) is 10.8. The summed E-state index contributed by atoms with van der Waals surface area (Å²) in [5.41, 5.74) is -3.26. The third-order valence-electron chi connectivity index (χ3n) is 5.13. The minimum atomic E-state index is -4.93. The van der Waals surface area contributed by atoms with Crippen LogP contribution in [0.3, 0.4) is 0 Å². The molecular weight excluding hydrogens is 503 g/mol. The van der Waals surface area contributed by atoms with E-state index in [4.69, 9.17) is 4.42 Å². The number of amidine groups is 2. The zero-order chi connectivity index (χ0) is 27.2. The highest BCUT2D eigenvalue weighted by Gasteiger charge is 2.39. The van der Waals surface area contributed by atoms with E-state index in [1.54, 1.807) is 19.1 Å². The number of benzene rings is 1. The van der Waals surface area contributed by atoms with Gasteiger partial charge >= 0.3 is 16.4 Å². The van der Waals surface area contributed by atoms with Crippen LogP contribution in [0.4, 0.5) is 18.9 Å². The molecule has 0 saturated heterocycles. The van der Waals surface area contributed by atoms with Gasteiger partial charge in [0.25, 0.3) is 5.91 Å². The third kappa shape index (κ3) is 5.64. The topological polar surface area (TPSA) is 137 Å². The third-order valence-corrected chi connectivity index (χ3v) is 6.00. The van der Waals surface area contributed by atoms with Crippen LogP contribution in [-0.2, 0) is 16.4 Å². The first-order valence-electron chi connectivity index (χ1n) is 10.6. The fourth-order valence-electron chi connectivity index (χ4n) is 3.44. The average Bonchev–Trinajstić information content (AvgIpc) is 3.26. The van der Waals surface area contributed by atoms with Gasteiger partial charge in [0.1, 0.15) is 17.6 Å². The molecule has 36 heavy (non-hydrogen) atoms. The number of hydrogen-bond acceptors (Lipinski definition) is 7. The van der Waals surface area contributed by atoms with Crippen molar-refractivity contribution >= 4 is 33.5 Å². The van der Waals surface area contributed by atoms with E-state index < -0.39 is 50.6 Å². The molecule has 10 nitrogen and oxygen atoms in total. The number of rotatable bonds is 4. The average molecular weight is 530 g/mol. The van der Waals surface area contributed by atoms with Crippen molar-refractivity contribution in [3.63, 3.8) is 0 Å². The number of nitrogens with one attached hydrogen (secondary N) is 2. The Morgan fingerprint density at radius 3 is 2.33 bits per heavy atom. The van der Waals surface area contributed by atoms with E-state index in [1.807, 2.05) is 20.8 Å². The van der Waals surface area contributed by atoms with Crippen LogP contribution in [-0.4, -0.2) is 50.1 Å². The number of furan rings is 1. The number of amides is 1. The van der Waals surface area contributed by atoms with Crippen LogP contribution in [0.1, 0.15) is 54.3 Å². The molecule has 196 valence electrons. The molecule has 0 fully saturated rings. The first kappa shape index (κ1) is 27.0. The lowest BCUT2D eigenvalue weighted by molar-refractivity contribution is -0.138. The monoisotopic (exact) mass is 529 g/mol. The molecule has 14 heteroatoms. The van der Waals surface area contributed by atoms with Crippen LogP contribution >= 0.6 is 0 Å². The number of hydrogen-bond donors (Lipinski definition) is 3. The first-order chi connectivity index (χ1) is 16.4. The molecule has 0 radical (unpaired) electrons. The van der Waals surface area contributed by atoms with E-state index >= 15 is 0 Å². The normalized spacial score (nSPS) is 17.5. The summed E-state index contributed by atoms with van der Waals surface area (Å²) in [6.07, 6.45) is -4.93. The van der Waals surface area contributed by atoms with Crippen molar-refractivity contribution in [1.82, 2.24) is 9.62 Å². The van der Waals surface area contributed by atoms with Gasteiger partial charge in [0.05, 0.1) is 16.8 Å². The minimum Gasteiger partial charge on any atom is -0.505 e. The molecule has 3 rings (SSSR count). The van der Waals surface area contributed by atoms with Gasteiger partial charge in [-0.05, 0) is 36.6 Å². The fourth-order valence-corrected chi connectivity index (χ4v) is 4.25. The smallest absolute Gasteiger partial charge is 0.417 e. The summed E-state index contributed by atoms with van der Waals surface area (Å²) >= 11 is 0. The number of aliphatic imine (C=N–C) groups is 1. The number of halogens is 3. The van der Waals surface area contributed by atoms with Crippen molar-refractivity contribution in [2.24, 2.45) is 14.8 Å². The Hall–Kier alpha value is -3.55. The Kier molecular flexibility index (Phi) is 6.87. The van der Waals surface area contributed by atoms with Crippen molar-refractivity contribution in [3.8, 4) is 5.75 Å². The maximum Gasteiger partial charge on any atom is 0.417 e. The number of phenolic OH excluding ortho intramolecular Hbond substituents is 1. The molecule has 1 aromatic carbocycles. The molecule has 0 saturated carbocycles. The Balaban J connectivity index is 2.11. The summed E-state index contributed by atoms with van der Waals surface area (Å²) < 4.78 is 76.4. The lowest BCUT2D eigenvalue weighted by Gasteiger charge is -2.26. The van der Waals surface area contributed by atoms with Gasteiger partial charge in [0.2, 0.25) is 0 Å². The predicted octanol–water partition coefficient (Wildman–Crippen LogP) is 3.86. The molecule has 2 aromatic rings. The molecule has 0 spiro atoms. The number of nitrogens with zero attached hydrogens (tertiary/aromatic N) is 3. The molecule has 1 atom stereocenters. The van der Waals surface area contributed by atoms with Gasteiger partial charge in [-0.3, -0.25) is 9.79 Å². The number of aryl methyl sites for hydroxylation is 1. The number of carbonyl (C=O) groups is 1. The lowest BCUT2D eigenvalue weighted by Crippen LogP contribution is -2.32. The predicted molar refractivity (Wildman–Crippen MR) is 127 cm³/mol. The highest BCUT2D eigenvalue weighted by molar-refractivity contribution is 7.89. The zero-order valence-corrected chi connectivity index (χ0v) is 21.2. The number of aromatic hydroxyl groups is 1. The molecule has 1 unspecified atom stereocenters. The van der Waals surface area contributed by atoms with E-state index in [0.29, 0.717) is 17.6 Å². The second-order valence-electron chi connectivity index (χ2n) is 9.42. The summed E-state index contributed by atoms with van der Waals surface area (Å²) in [5.74, 6) is -1.68. The number of phenols is 1. The van der Waals surface area contributed by atoms with Crippen LogP contribution in [0, 0.1) is 12.3 Å². The number of alkyl halides is 3. The zero-order valence-electron chi connectivity index (χ0n) is 20.4. The molecule has 2 heterocycles. The van der Waals surface area contributed by atoms with Crippen molar-refractivity contribution in [2.45, 2.75) is 39.9 Å². The molecule has 1 aliphatic rings. The summed E-state index contributed by atoms with van der Waals surface area (Å²) in [5, 5.41) is 13.1. The second kappa shape index (κ2) is 9.15. The molecule has 1 amide bonds. The maximum absolute atomic E-state index is 13.5. The van der Waals surface area contributed by atoms with Crippen LogP contribution in [0.5, 0.6) is 5.75 Å². The minimum absolute atomic E-state index is 0.247. The van der Waals surface area contributed by atoms with Gasteiger partial charge < -0.3 is 19.7 Å². The SMILES string of the molecule is Cc1ccc(C(N=C2NS(=O)(=O)N=C2Nc2ccc(C(F)(F)F)c(C(=O)N(C)C)c2O)C(C)(C)C)o1. The van der Waals surface area contributed by atoms with Gasteiger partial charge in [-0.2, -0.15) is 21.6 Å². The largest absolute Gasteiger partial charge is 0.505 e. The molecule has 1 aromatic heterocycles. The lowest BCUT2D eigenvalue weighted by atomic mass is 9.85. The quantitative estimate of drug-likeness (QED) is 0.515. The van der Waals surface area contributed by atoms with E-state index in [2.05, 4.69) is 19.4 Å². The van der Waals surface area contributed by atoms with Crippen LogP contribution in [0.15, 0.2) is 38.1 Å². The Bertz CT molecular complexity index is 1360. The van der Waals surface area contributed by atoms with E-state index in [-0.39, 0.29) is 17.4 Å². The number of anilines is 1. The van der Waals surface area contributed by atoms with Crippen LogP contribution in [0.25, 0.3) is 0 Å². The maximum atomic E-state index is 13.5. The van der Waals surface area contributed by atoms with Gasteiger partial charge in [-0.1, -0.05) is 20.8 Å². The van der Waals surface area contributed by atoms with Crippen molar-refractivity contribution in [1.29, 1.82) is 0 Å². The Morgan fingerprint density at radius 2 is 1.83 bits per heavy atom. The van der Waals surface area contributed by atoms with E-state index in [1.165, 1.54) is 14.1 Å². The summed E-state index contributed by atoms with van der Waals surface area (Å²) in [6.45, 7) is 7.30.